The number of aldehydes is 1. The molecular formula is C10H12O2. The molecule has 2 unspecified atom stereocenters. The van der Waals surface area contributed by atoms with E-state index in [1.165, 1.54) is 0 Å². The van der Waals surface area contributed by atoms with E-state index in [9.17, 15) is 4.79 Å². The number of carbonyl (C=O) groups excluding carboxylic acids is 1. The van der Waals surface area contributed by atoms with Crippen LogP contribution in [0.2, 0.25) is 0 Å². The van der Waals surface area contributed by atoms with Crippen molar-refractivity contribution in [1.82, 2.24) is 0 Å². The fraction of sp³-hybridized carbons (Fsp3) is 0.300. The van der Waals surface area contributed by atoms with Gasteiger partial charge in [-0.05, 0) is 6.92 Å². The highest BCUT2D eigenvalue weighted by Gasteiger charge is 2.31. The normalized spacial score (nSPS) is 31.8. The molecule has 1 aliphatic rings. The zero-order chi connectivity index (χ0) is 9.14. The van der Waals surface area contributed by atoms with Gasteiger partial charge in [0.25, 0.3) is 0 Å². The van der Waals surface area contributed by atoms with Gasteiger partial charge in [-0.25, -0.2) is 0 Å². The van der Waals surface area contributed by atoms with Gasteiger partial charge < -0.3 is 9.53 Å². The van der Waals surface area contributed by atoms with Crippen LogP contribution in [-0.2, 0) is 9.53 Å². The van der Waals surface area contributed by atoms with Crippen LogP contribution in [0.15, 0.2) is 36.6 Å². The van der Waals surface area contributed by atoms with Crippen molar-refractivity contribution in [3.8, 4) is 0 Å². The van der Waals surface area contributed by atoms with Gasteiger partial charge in [0.15, 0.2) is 0 Å². The Morgan fingerprint density at radius 2 is 2.25 bits per heavy atom. The molecule has 1 heterocycles. The Morgan fingerprint density at radius 3 is 2.75 bits per heavy atom. The zero-order valence-electron chi connectivity index (χ0n) is 7.12. The van der Waals surface area contributed by atoms with Gasteiger partial charge in [-0.3, -0.25) is 0 Å². The molecule has 0 radical (unpaired) electrons. The molecule has 1 fully saturated rings. The molecule has 0 aromatic heterocycles. The summed E-state index contributed by atoms with van der Waals surface area (Å²) in [6.07, 6.45) is 4.20. The summed E-state index contributed by atoms with van der Waals surface area (Å²) >= 11 is 0. The number of rotatable bonds is 2. The van der Waals surface area contributed by atoms with E-state index in [1.807, 2.05) is 6.92 Å². The maximum atomic E-state index is 10.7. The summed E-state index contributed by atoms with van der Waals surface area (Å²) < 4.78 is 5.29. The molecule has 12 heavy (non-hydrogen) atoms. The van der Waals surface area contributed by atoms with E-state index in [2.05, 4.69) is 13.2 Å². The van der Waals surface area contributed by atoms with Crippen LogP contribution in [0, 0.1) is 5.92 Å². The van der Waals surface area contributed by atoms with Crippen molar-refractivity contribution in [2.45, 2.75) is 13.0 Å². The van der Waals surface area contributed by atoms with Gasteiger partial charge in [0.1, 0.15) is 18.1 Å². The third kappa shape index (κ3) is 1.33. The van der Waals surface area contributed by atoms with Gasteiger partial charge in [-0.2, -0.15) is 0 Å². The number of carbonyl (C=O) groups is 1. The molecule has 2 atom stereocenters. The summed E-state index contributed by atoms with van der Waals surface area (Å²) in [6.45, 7) is 9.12. The molecule has 1 aliphatic heterocycles. The lowest BCUT2D eigenvalue weighted by molar-refractivity contribution is -0.111. The van der Waals surface area contributed by atoms with Crippen molar-refractivity contribution >= 4 is 6.29 Å². The maximum Gasteiger partial charge on any atom is 0.131 e. The summed E-state index contributed by atoms with van der Waals surface area (Å²) in [5.41, 5.74) is 0.840. The maximum absolute atomic E-state index is 10.7. The SMILES string of the molecule is C=C/C=C1\C(=C)OC(C)C1C=O. The molecule has 64 valence electrons. The van der Waals surface area contributed by atoms with E-state index in [1.54, 1.807) is 12.2 Å². The average molecular weight is 164 g/mol. The first-order valence-electron chi connectivity index (χ1n) is 3.84. The number of allylic oxidation sites excluding steroid dienone is 3. The Morgan fingerprint density at radius 1 is 1.58 bits per heavy atom. The molecule has 1 saturated heterocycles. The molecular weight excluding hydrogens is 152 g/mol. The summed E-state index contributed by atoms with van der Waals surface area (Å²) in [5, 5.41) is 0. The molecule has 1 rings (SSSR count). The van der Waals surface area contributed by atoms with Gasteiger partial charge in [0.05, 0.1) is 5.92 Å². The first-order chi connectivity index (χ1) is 5.70. The first kappa shape index (κ1) is 8.78. The lowest BCUT2D eigenvalue weighted by atomic mass is 9.97. The predicted octanol–water partition coefficient (Wildman–Crippen LogP) is 1.85. The van der Waals surface area contributed by atoms with E-state index >= 15 is 0 Å². The molecule has 0 amide bonds. The second kappa shape index (κ2) is 3.39. The largest absolute Gasteiger partial charge is 0.490 e. The van der Waals surface area contributed by atoms with Gasteiger partial charge in [-0.15, -0.1) is 0 Å². The van der Waals surface area contributed by atoms with Crippen molar-refractivity contribution in [2.75, 3.05) is 0 Å². The lowest BCUT2D eigenvalue weighted by Crippen LogP contribution is -2.13. The van der Waals surface area contributed by atoms with E-state index in [-0.39, 0.29) is 12.0 Å². The van der Waals surface area contributed by atoms with E-state index in [0.717, 1.165) is 11.9 Å². The standard InChI is InChI=1S/C10H12O2/c1-4-5-9-7(2)12-8(3)10(9)6-11/h4-6,8,10H,1-2H2,3H3/b9-5+. The molecule has 2 nitrogen and oxygen atoms in total. The van der Waals surface area contributed by atoms with Crippen LogP contribution in [0.1, 0.15) is 6.92 Å². The van der Waals surface area contributed by atoms with E-state index in [0.29, 0.717) is 5.76 Å². The van der Waals surface area contributed by atoms with Crippen molar-refractivity contribution in [3.05, 3.63) is 36.6 Å². The molecule has 0 saturated carbocycles. The van der Waals surface area contributed by atoms with Crippen LogP contribution in [0.5, 0.6) is 0 Å². The Labute approximate surface area is 72.2 Å². The lowest BCUT2D eigenvalue weighted by Gasteiger charge is -2.04. The Hall–Kier alpha value is -1.31. The number of hydrogen-bond acceptors (Lipinski definition) is 2. The van der Waals surface area contributed by atoms with E-state index in [4.69, 9.17) is 4.74 Å². The van der Waals surface area contributed by atoms with Crippen LogP contribution in [0.3, 0.4) is 0 Å². The summed E-state index contributed by atoms with van der Waals surface area (Å²) in [4.78, 5) is 10.7. The minimum atomic E-state index is -0.185. The molecule has 0 spiro atoms. The minimum absolute atomic E-state index is 0.0961. The number of ether oxygens (including phenoxy) is 1. The van der Waals surface area contributed by atoms with Crippen LogP contribution < -0.4 is 0 Å². The zero-order valence-corrected chi connectivity index (χ0v) is 7.12. The molecule has 0 bridgehead atoms. The fourth-order valence-electron chi connectivity index (χ4n) is 1.32. The summed E-state index contributed by atoms with van der Waals surface area (Å²) in [6, 6.07) is 0. The van der Waals surface area contributed by atoms with Crippen molar-refractivity contribution in [2.24, 2.45) is 5.92 Å². The van der Waals surface area contributed by atoms with Crippen LogP contribution in [0.4, 0.5) is 0 Å². The topological polar surface area (TPSA) is 26.3 Å². The van der Waals surface area contributed by atoms with Crippen LogP contribution in [0.25, 0.3) is 0 Å². The van der Waals surface area contributed by atoms with Crippen LogP contribution >= 0.6 is 0 Å². The van der Waals surface area contributed by atoms with Gasteiger partial charge >= 0.3 is 0 Å². The average Bonchev–Trinajstić information content (AvgIpc) is 2.28. The number of hydrogen-bond donors (Lipinski definition) is 0. The van der Waals surface area contributed by atoms with Gasteiger partial charge in [-0.1, -0.05) is 25.3 Å². The fourth-order valence-corrected chi connectivity index (χ4v) is 1.32. The molecule has 2 heteroatoms. The monoisotopic (exact) mass is 164 g/mol. The summed E-state index contributed by atoms with van der Waals surface area (Å²) in [5.74, 6) is 0.398. The summed E-state index contributed by atoms with van der Waals surface area (Å²) in [7, 11) is 0. The Balaban J connectivity index is 2.96. The highest BCUT2D eigenvalue weighted by molar-refractivity contribution is 5.64. The third-order valence-corrected chi connectivity index (χ3v) is 1.96. The van der Waals surface area contributed by atoms with Crippen molar-refractivity contribution in [3.63, 3.8) is 0 Å². The van der Waals surface area contributed by atoms with Gasteiger partial charge in [0, 0.05) is 5.57 Å². The quantitative estimate of drug-likeness (QED) is 0.582. The van der Waals surface area contributed by atoms with Gasteiger partial charge in [0.2, 0.25) is 0 Å². The highest BCUT2D eigenvalue weighted by Crippen LogP contribution is 2.32. The van der Waals surface area contributed by atoms with Crippen molar-refractivity contribution in [1.29, 1.82) is 0 Å². The molecule has 0 aromatic rings. The van der Waals surface area contributed by atoms with E-state index < -0.39 is 0 Å². The Kier molecular flexibility index (Phi) is 2.48. The predicted molar refractivity (Wildman–Crippen MR) is 47.5 cm³/mol. The Bertz CT molecular complexity index is 251. The first-order valence-corrected chi connectivity index (χ1v) is 3.84. The third-order valence-electron chi connectivity index (χ3n) is 1.96. The minimum Gasteiger partial charge on any atom is -0.490 e. The second-order valence-electron chi connectivity index (χ2n) is 2.77. The molecule has 0 aliphatic carbocycles. The highest BCUT2D eigenvalue weighted by atomic mass is 16.5. The second-order valence-corrected chi connectivity index (χ2v) is 2.77. The smallest absolute Gasteiger partial charge is 0.131 e. The van der Waals surface area contributed by atoms with Crippen LogP contribution in [-0.4, -0.2) is 12.4 Å². The molecule has 0 aromatic carbocycles. The van der Waals surface area contributed by atoms with Crippen molar-refractivity contribution < 1.29 is 9.53 Å². The molecule has 0 N–H and O–H groups in total.